The minimum Gasteiger partial charge on any atom is -0.462 e. The van der Waals surface area contributed by atoms with E-state index in [0.717, 1.165) is 0 Å². The molecule has 1 amide bonds. The van der Waals surface area contributed by atoms with Crippen LogP contribution in [-0.4, -0.2) is 29.1 Å². The van der Waals surface area contributed by atoms with Crippen molar-refractivity contribution >= 4 is 34.8 Å². The average molecular weight is 319 g/mol. The predicted octanol–water partition coefficient (Wildman–Crippen LogP) is 1.19. The second-order valence-corrected chi connectivity index (χ2v) is 5.05. The highest BCUT2D eigenvalue weighted by atomic mass is 35.5. The summed E-state index contributed by atoms with van der Waals surface area (Å²) in [5.74, 6) is -2.87. The molecule has 0 aliphatic heterocycles. The molecule has 2 rings (SSSR count). The SMILES string of the molecule is CCOC(=O)/C(C#N)=C1/c2ccccc2C(=O)C1(Cl)C(N)=O. The number of nitriles is 1. The third-order valence-corrected chi connectivity index (χ3v) is 3.83. The van der Waals surface area contributed by atoms with Gasteiger partial charge in [-0.1, -0.05) is 35.9 Å². The number of fused-ring (bicyclic) bond motifs is 1. The number of nitrogens with zero attached hydrogens (tertiary/aromatic N) is 1. The molecule has 1 aliphatic rings. The fourth-order valence-corrected chi connectivity index (χ4v) is 2.63. The predicted molar refractivity (Wildman–Crippen MR) is 77.7 cm³/mol. The minimum absolute atomic E-state index is 0.0265. The number of hydrogen-bond acceptors (Lipinski definition) is 5. The molecule has 0 saturated heterocycles. The van der Waals surface area contributed by atoms with E-state index in [1.165, 1.54) is 12.1 Å². The maximum absolute atomic E-state index is 12.4. The van der Waals surface area contributed by atoms with Crippen molar-refractivity contribution in [3.05, 3.63) is 41.0 Å². The molecular formula is C15H11ClN2O4. The Morgan fingerprint density at radius 3 is 2.45 bits per heavy atom. The fraction of sp³-hybridized carbons (Fsp3) is 0.200. The maximum Gasteiger partial charge on any atom is 0.349 e. The Balaban J connectivity index is 2.85. The minimum atomic E-state index is -2.29. The molecule has 1 atom stereocenters. The van der Waals surface area contributed by atoms with Crippen LogP contribution in [0.1, 0.15) is 22.8 Å². The van der Waals surface area contributed by atoms with Crippen LogP contribution in [0.4, 0.5) is 0 Å². The number of nitrogens with two attached hydrogens (primary N) is 1. The zero-order valence-electron chi connectivity index (χ0n) is 11.6. The molecule has 1 aliphatic carbocycles. The summed E-state index contributed by atoms with van der Waals surface area (Å²) in [5.41, 5.74) is 4.90. The summed E-state index contributed by atoms with van der Waals surface area (Å²) in [4.78, 5) is 33.9. The van der Waals surface area contributed by atoms with Crippen molar-refractivity contribution in [3.8, 4) is 6.07 Å². The maximum atomic E-state index is 12.4. The van der Waals surface area contributed by atoms with Gasteiger partial charge >= 0.3 is 5.97 Å². The number of carbonyl (C=O) groups excluding carboxylic acids is 3. The smallest absolute Gasteiger partial charge is 0.349 e. The van der Waals surface area contributed by atoms with Gasteiger partial charge in [0.1, 0.15) is 11.6 Å². The molecule has 0 aromatic heterocycles. The van der Waals surface area contributed by atoms with Crippen molar-refractivity contribution in [2.45, 2.75) is 11.8 Å². The molecule has 0 radical (unpaired) electrons. The van der Waals surface area contributed by atoms with Crippen molar-refractivity contribution in [2.75, 3.05) is 6.61 Å². The molecule has 0 spiro atoms. The van der Waals surface area contributed by atoms with Crippen LogP contribution in [0, 0.1) is 11.3 Å². The van der Waals surface area contributed by atoms with E-state index in [1.807, 2.05) is 0 Å². The van der Waals surface area contributed by atoms with Gasteiger partial charge in [-0.3, -0.25) is 9.59 Å². The number of carbonyl (C=O) groups is 3. The first-order chi connectivity index (χ1) is 10.4. The lowest BCUT2D eigenvalue weighted by atomic mass is 9.92. The first-order valence-corrected chi connectivity index (χ1v) is 6.72. The van der Waals surface area contributed by atoms with E-state index in [0.29, 0.717) is 0 Å². The lowest BCUT2D eigenvalue weighted by molar-refractivity contribution is -0.137. The third-order valence-electron chi connectivity index (χ3n) is 3.28. The zero-order chi connectivity index (χ0) is 16.5. The Kier molecular flexibility index (Phi) is 4.02. The van der Waals surface area contributed by atoms with Crippen LogP contribution >= 0.6 is 11.6 Å². The van der Waals surface area contributed by atoms with E-state index in [9.17, 15) is 19.6 Å². The van der Waals surface area contributed by atoms with Gasteiger partial charge in [0.05, 0.1) is 6.61 Å². The molecule has 1 unspecified atom stereocenters. The Morgan fingerprint density at radius 2 is 1.95 bits per heavy atom. The zero-order valence-corrected chi connectivity index (χ0v) is 12.3. The normalized spacial score (nSPS) is 21.8. The standard InChI is InChI=1S/C15H11ClN2O4/c1-2-22-13(20)10(7-17)11-8-5-3-4-6-9(8)12(19)15(11,16)14(18)21/h3-6H,2H2,1H3,(H2,18,21)/b11-10-. The van der Waals surface area contributed by atoms with Crippen LogP contribution in [-0.2, 0) is 14.3 Å². The first kappa shape index (κ1) is 15.7. The highest BCUT2D eigenvalue weighted by Crippen LogP contribution is 2.46. The number of alkyl halides is 1. The van der Waals surface area contributed by atoms with E-state index in [2.05, 4.69) is 0 Å². The Morgan fingerprint density at radius 1 is 1.36 bits per heavy atom. The fourth-order valence-electron chi connectivity index (χ4n) is 2.33. The van der Waals surface area contributed by atoms with Crippen LogP contribution < -0.4 is 5.73 Å². The van der Waals surface area contributed by atoms with Gasteiger partial charge in [0.2, 0.25) is 4.87 Å². The average Bonchev–Trinajstić information content (AvgIpc) is 2.72. The number of amides is 1. The molecule has 1 aromatic carbocycles. The topological polar surface area (TPSA) is 110 Å². The number of hydrogen-bond donors (Lipinski definition) is 1. The molecule has 0 heterocycles. The largest absolute Gasteiger partial charge is 0.462 e. The van der Waals surface area contributed by atoms with Crippen LogP contribution in [0.3, 0.4) is 0 Å². The van der Waals surface area contributed by atoms with E-state index >= 15 is 0 Å². The van der Waals surface area contributed by atoms with Crippen molar-refractivity contribution in [3.63, 3.8) is 0 Å². The lowest BCUT2D eigenvalue weighted by Crippen LogP contribution is -2.44. The lowest BCUT2D eigenvalue weighted by Gasteiger charge is -2.18. The summed E-state index contributed by atoms with van der Waals surface area (Å²) in [5, 5.41) is 9.28. The number of Topliss-reactive ketones (excluding diaryl/α,β-unsaturated/α-hetero) is 1. The summed E-state index contributed by atoms with van der Waals surface area (Å²) >= 11 is 6.16. The monoisotopic (exact) mass is 318 g/mol. The van der Waals surface area contributed by atoms with E-state index in [-0.39, 0.29) is 23.3 Å². The Hall–Kier alpha value is -2.65. The number of rotatable bonds is 3. The van der Waals surface area contributed by atoms with E-state index in [1.54, 1.807) is 25.1 Å². The van der Waals surface area contributed by atoms with Gasteiger partial charge in [-0.05, 0) is 12.5 Å². The molecule has 112 valence electrons. The summed E-state index contributed by atoms with van der Waals surface area (Å²) in [6.07, 6.45) is 0. The van der Waals surface area contributed by atoms with Crippen LogP contribution in [0.15, 0.2) is 29.8 Å². The van der Waals surface area contributed by atoms with E-state index in [4.69, 9.17) is 22.1 Å². The number of esters is 1. The van der Waals surface area contributed by atoms with Crippen molar-refractivity contribution < 1.29 is 19.1 Å². The summed E-state index contributed by atoms with van der Waals surface area (Å²) < 4.78 is 4.79. The molecule has 2 N–H and O–H groups in total. The van der Waals surface area contributed by atoms with Gasteiger partial charge in [0.25, 0.3) is 5.91 Å². The molecule has 0 fully saturated rings. The summed E-state index contributed by atoms with van der Waals surface area (Å²) in [6, 6.07) is 7.77. The molecule has 6 nitrogen and oxygen atoms in total. The number of ether oxygens (including phenoxy) is 1. The highest BCUT2D eigenvalue weighted by Gasteiger charge is 2.55. The molecule has 0 saturated carbocycles. The van der Waals surface area contributed by atoms with Gasteiger partial charge in [-0.25, -0.2) is 4.79 Å². The quantitative estimate of drug-likeness (QED) is 0.296. The van der Waals surface area contributed by atoms with Gasteiger partial charge in [0.15, 0.2) is 5.78 Å². The molecule has 22 heavy (non-hydrogen) atoms. The van der Waals surface area contributed by atoms with E-state index < -0.39 is 28.1 Å². The molecule has 0 bridgehead atoms. The third kappa shape index (κ3) is 2.07. The highest BCUT2D eigenvalue weighted by molar-refractivity contribution is 6.58. The van der Waals surface area contributed by atoms with Crippen LogP contribution in [0.2, 0.25) is 0 Å². The Bertz CT molecular complexity index is 763. The van der Waals surface area contributed by atoms with Crippen molar-refractivity contribution in [1.29, 1.82) is 5.26 Å². The van der Waals surface area contributed by atoms with Gasteiger partial charge < -0.3 is 10.5 Å². The van der Waals surface area contributed by atoms with Gasteiger partial charge in [0, 0.05) is 11.1 Å². The molecule has 1 aromatic rings. The first-order valence-electron chi connectivity index (χ1n) is 6.34. The van der Waals surface area contributed by atoms with Crippen LogP contribution in [0.5, 0.6) is 0 Å². The van der Waals surface area contributed by atoms with Crippen molar-refractivity contribution in [2.24, 2.45) is 5.73 Å². The molecule has 7 heteroatoms. The van der Waals surface area contributed by atoms with Crippen LogP contribution in [0.25, 0.3) is 5.57 Å². The number of primary amides is 1. The number of halogens is 1. The van der Waals surface area contributed by atoms with Crippen molar-refractivity contribution in [1.82, 2.24) is 0 Å². The Labute approximate surface area is 131 Å². The summed E-state index contributed by atoms with van der Waals surface area (Å²) in [7, 11) is 0. The second kappa shape index (κ2) is 5.62. The molecular weight excluding hydrogens is 308 g/mol. The van der Waals surface area contributed by atoms with Gasteiger partial charge in [-0.15, -0.1) is 0 Å². The van der Waals surface area contributed by atoms with Gasteiger partial charge in [-0.2, -0.15) is 5.26 Å². The number of benzene rings is 1. The summed E-state index contributed by atoms with van der Waals surface area (Å²) in [6.45, 7) is 1.59. The second-order valence-electron chi connectivity index (χ2n) is 4.48. The number of ketones is 1.